The van der Waals surface area contributed by atoms with Crippen LogP contribution in [0.4, 0.5) is 0 Å². The Labute approximate surface area is 416 Å². The molecule has 3 heterocycles. The van der Waals surface area contributed by atoms with Gasteiger partial charge in [0.1, 0.15) is 73.2 Å². The lowest BCUT2D eigenvalue weighted by molar-refractivity contribution is -0.379. The van der Waals surface area contributed by atoms with E-state index in [9.17, 15) is 61.0 Å². The first-order valence-corrected chi connectivity index (χ1v) is 26.6. The van der Waals surface area contributed by atoms with Crippen LogP contribution in [0.2, 0.25) is 0 Å². The second-order valence-electron chi connectivity index (χ2n) is 19.3. The highest BCUT2D eigenvalue weighted by atomic mass is 16.8. The molecule has 1 amide bonds. The van der Waals surface area contributed by atoms with E-state index in [1.807, 2.05) is 6.08 Å². The third-order valence-corrected chi connectivity index (χ3v) is 13.5. The normalized spacial score (nSPS) is 32.7. The highest BCUT2D eigenvalue weighted by molar-refractivity contribution is 5.76. The topological polar surface area (TPSA) is 307 Å². The number of aliphatic hydroxyl groups excluding tert-OH is 11. The molecule has 0 aromatic carbocycles. The van der Waals surface area contributed by atoms with Crippen LogP contribution < -0.4 is 5.32 Å². The van der Waals surface area contributed by atoms with Crippen LogP contribution in [0, 0.1) is 0 Å². The molecule has 17 unspecified atom stereocenters. The monoisotopic (exact) mass is 1010 g/mol. The molecule has 19 heteroatoms. The lowest BCUT2D eigenvalue weighted by Gasteiger charge is -2.48. The standard InChI is InChI=1S/C51H93NO18/c1-3-5-7-9-11-13-15-16-17-19-20-22-24-26-28-35(56)34(52-39(57)29-27-25-23-21-18-14-12-10-8-6-4-2)33-65-49-45(63)42(60)47(37(31-54)67-49)70-51-46(64)43(61)48(38(32-55)68-51)69-50-44(62)41(59)40(58)36(30-53)66-50/h19-20,26,28,34-38,40-51,53-56,58-64H,3-18,21-25,27,29-33H2,1-2H3,(H,52,57)/b20-19+,28-26+. The summed E-state index contributed by atoms with van der Waals surface area (Å²) >= 11 is 0. The van der Waals surface area contributed by atoms with E-state index < -0.39 is 124 Å². The molecule has 3 aliphatic heterocycles. The first-order valence-electron chi connectivity index (χ1n) is 26.6. The Morgan fingerprint density at radius 2 is 0.914 bits per heavy atom. The van der Waals surface area contributed by atoms with Gasteiger partial charge in [-0.05, 0) is 32.1 Å². The van der Waals surface area contributed by atoms with E-state index in [2.05, 4.69) is 31.3 Å². The van der Waals surface area contributed by atoms with Gasteiger partial charge < -0.3 is 89.9 Å². The Balaban J connectivity index is 1.57. The first kappa shape index (κ1) is 62.6. The summed E-state index contributed by atoms with van der Waals surface area (Å²) in [5.41, 5.74) is 0. The zero-order valence-electron chi connectivity index (χ0n) is 42.0. The van der Waals surface area contributed by atoms with Crippen LogP contribution in [-0.2, 0) is 33.2 Å². The smallest absolute Gasteiger partial charge is 0.220 e. The van der Waals surface area contributed by atoms with E-state index in [0.717, 1.165) is 38.5 Å². The number of ether oxygens (including phenoxy) is 6. The summed E-state index contributed by atoms with van der Waals surface area (Å²) in [6.45, 7) is 1.65. The van der Waals surface area contributed by atoms with Gasteiger partial charge in [0.15, 0.2) is 18.9 Å². The molecule has 70 heavy (non-hydrogen) atoms. The predicted octanol–water partition coefficient (Wildman–Crippen LogP) is 2.42. The number of carbonyl (C=O) groups excluding carboxylic acids is 1. The average Bonchev–Trinajstić information content (AvgIpc) is 3.35. The highest BCUT2D eigenvalue weighted by Gasteiger charge is 2.53. The quantitative estimate of drug-likeness (QED) is 0.0314. The maximum Gasteiger partial charge on any atom is 0.220 e. The van der Waals surface area contributed by atoms with Gasteiger partial charge in [-0.15, -0.1) is 0 Å². The fourth-order valence-corrected chi connectivity index (χ4v) is 9.03. The Hall–Kier alpha value is -1.73. The van der Waals surface area contributed by atoms with Gasteiger partial charge in [-0.2, -0.15) is 0 Å². The van der Waals surface area contributed by atoms with Crippen molar-refractivity contribution in [2.45, 2.75) is 266 Å². The molecule has 0 aromatic rings. The van der Waals surface area contributed by atoms with Crippen molar-refractivity contribution in [1.29, 1.82) is 0 Å². The van der Waals surface area contributed by atoms with Gasteiger partial charge in [-0.25, -0.2) is 0 Å². The van der Waals surface area contributed by atoms with E-state index in [-0.39, 0.29) is 18.9 Å². The number of hydrogen-bond donors (Lipinski definition) is 12. The zero-order chi connectivity index (χ0) is 51.3. The second-order valence-corrected chi connectivity index (χ2v) is 19.3. The maximum atomic E-state index is 13.2. The molecule has 3 aliphatic rings. The van der Waals surface area contributed by atoms with E-state index in [0.29, 0.717) is 12.8 Å². The van der Waals surface area contributed by atoms with Crippen LogP contribution >= 0.6 is 0 Å². The summed E-state index contributed by atoms with van der Waals surface area (Å²) in [6.07, 6.45) is 6.13. The molecule has 17 atom stereocenters. The van der Waals surface area contributed by atoms with Gasteiger partial charge in [-0.3, -0.25) is 4.79 Å². The lowest BCUT2D eigenvalue weighted by atomic mass is 9.96. The van der Waals surface area contributed by atoms with E-state index in [1.165, 1.54) is 89.9 Å². The van der Waals surface area contributed by atoms with Crippen LogP contribution in [0.3, 0.4) is 0 Å². The number of hydrogen-bond acceptors (Lipinski definition) is 18. The maximum absolute atomic E-state index is 13.2. The molecular weight excluding hydrogens is 915 g/mol. The van der Waals surface area contributed by atoms with Crippen molar-refractivity contribution in [3.05, 3.63) is 24.3 Å². The number of rotatable bonds is 37. The summed E-state index contributed by atoms with van der Waals surface area (Å²) in [6, 6.07) is -0.982. The Morgan fingerprint density at radius 1 is 0.500 bits per heavy atom. The molecule has 3 saturated heterocycles. The van der Waals surface area contributed by atoms with Gasteiger partial charge in [0.2, 0.25) is 5.91 Å². The number of unbranched alkanes of at least 4 members (excludes halogenated alkanes) is 19. The Morgan fingerprint density at radius 3 is 1.43 bits per heavy atom. The molecule has 0 radical (unpaired) electrons. The highest BCUT2D eigenvalue weighted by Crippen LogP contribution is 2.33. The largest absolute Gasteiger partial charge is 0.394 e. The fraction of sp³-hybridized carbons (Fsp3) is 0.902. The number of allylic oxidation sites excluding steroid dienone is 3. The Kier molecular flexibility index (Phi) is 32.4. The lowest BCUT2D eigenvalue weighted by Crippen LogP contribution is -2.66. The minimum atomic E-state index is -1.98. The van der Waals surface area contributed by atoms with Crippen LogP contribution in [0.1, 0.15) is 162 Å². The molecule has 0 bridgehead atoms. The van der Waals surface area contributed by atoms with Crippen LogP contribution in [0.5, 0.6) is 0 Å². The average molecular weight is 1010 g/mol. The third-order valence-electron chi connectivity index (χ3n) is 13.5. The molecule has 3 rings (SSSR count). The van der Waals surface area contributed by atoms with Crippen molar-refractivity contribution in [3.8, 4) is 0 Å². The number of aliphatic hydroxyl groups is 11. The van der Waals surface area contributed by atoms with Gasteiger partial charge in [0, 0.05) is 6.42 Å². The molecule has 0 saturated carbocycles. The second kappa shape index (κ2) is 36.3. The van der Waals surface area contributed by atoms with Crippen molar-refractivity contribution >= 4 is 5.91 Å². The van der Waals surface area contributed by atoms with Crippen molar-refractivity contribution in [1.82, 2.24) is 5.32 Å². The summed E-state index contributed by atoms with van der Waals surface area (Å²) in [4.78, 5) is 13.2. The van der Waals surface area contributed by atoms with Gasteiger partial charge in [-0.1, -0.05) is 147 Å². The summed E-state index contributed by atoms with van der Waals surface area (Å²) < 4.78 is 34.1. The minimum Gasteiger partial charge on any atom is -0.394 e. The molecule has 19 nitrogen and oxygen atoms in total. The van der Waals surface area contributed by atoms with Gasteiger partial charge in [0.25, 0.3) is 0 Å². The van der Waals surface area contributed by atoms with Crippen molar-refractivity contribution in [2.24, 2.45) is 0 Å². The van der Waals surface area contributed by atoms with E-state index in [1.54, 1.807) is 6.08 Å². The molecule has 3 fully saturated rings. The molecule has 12 N–H and O–H groups in total. The summed E-state index contributed by atoms with van der Waals surface area (Å²) in [5.74, 6) is -0.289. The predicted molar refractivity (Wildman–Crippen MR) is 259 cm³/mol. The number of nitrogens with one attached hydrogen (secondary N) is 1. The SMILES string of the molecule is CCCCCCCCCC/C=C/CC/C=C/C(O)C(COC1OC(CO)C(OC2OC(CO)C(OC3OC(CO)C(O)C(O)C3O)C(O)C2O)C(O)C1O)NC(=O)CCCCCCCCCCCCC. The van der Waals surface area contributed by atoms with Crippen LogP contribution in [-0.4, -0.2) is 193 Å². The van der Waals surface area contributed by atoms with Gasteiger partial charge >= 0.3 is 0 Å². The van der Waals surface area contributed by atoms with Crippen molar-refractivity contribution in [2.75, 3.05) is 26.4 Å². The molecule has 410 valence electrons. The minimum absolute atomic E-state index is 0.238. The number of amides is 1. The number of carbonyl (C=O) groups is 1. The van der Waals surface area contributed by atoms with Crippen LogP contribution in [0.25, 0.3) is 0 Å². The van der Waals surface area contributed by atoms with E-state index >= 15 is 0 Å². The zero-order valence-corrected chi connectivity index (χ0v) is 42.0. The Bertz CT molecular complexity index is 1390. The first-order chi connectivity index (χ1) is 33.8. The van der Waals surface area contributed by atoms with E-state index in [4.69, 9.17) is 28.4 Å². The molecule has 0 aliphatic carbocycles. The fourth-order valence-electron chi connectivity index (χ4n) is 9.03. The van der Waals surface area contributed by atoms with Crippen molar-refractivity contribution < 1.29 is 89.4 Å². The third kappa shape index (κ3) is 21.6. The molecule has 0 aromatic heterocycles. The van der Waals surface area contributed by atoms with Crippen molar-refractivity contribution in [3.63, 3.8) is 0 Å². The van der Waals surface area contributed by atoms with Crippen LogP contribution in [0.15, 0.2) is 24.3 Å². The molecular formula is C51H93NO18. The molecule has 0 spiro atoms. The summed E-state index contributed by atoms with van der Waals surface area (Å²) in [7, 11) is 0. The van der Waals surface area contributed by atoms with Gasteiger partial charge in [0.05, 0.1) is 38.6 Å². The summed E-state index contributed by atoms with van der Waals surface area (Å²) in [5, 5.41) is 120.